The number of hydrogen-bond acceptors (Lipinski definition) is 4. The molecule has 0 unspecified atom stereocenters. The molecule has 0 spiro atoms. The van der Waals surface area contributed by atoms with E-state index < -0.39 is 4.92 Å². The number of aromatic nitrogens is 2. The lowest BCUT2D eigenvalue weighted by Gasteiger charge is -2.12. The maximum Gasteiger partial charge on any atom is 0.307 e. The number of halogens is 1. The summed E-state index contributed by atoms with van der Waals surface area (Å²) in [5.41, 5.74) is 2.11. The van der Waals surface area contributed by atoms with Gasteiger partial charge in [-0.3, -0.25) is 15.1 Å². The lowest BCUT2D eigenvalue weighted by Crippen LogP contribution is -2.01. The molecule has 2 rings (SSSR count). The predicted octanol–water partition coefficient (Wildman–Crippen LogP) is 3.83. The Labute approximate surface area is 115 Å². The van der Waals surface area contributed by atoms with Crippen LogP contribution in [0.25, 0.3) is 11.1 Å². The van der Waals surface area contributed by atoms with Gasteiger partial charge in [0.25, 0.3) is 0 Å². The minimum Gasteiger partial charge on any atom is -0.265 e. The van der Waals surface area contributed by atoms with Gasteiger partial charge < -0.3 is 0 Å². The van der Waals surface area contributed by atoms with Gasteiger partial charge in [0.05, 0.1) is 10.6 Å². The van der Waals surface area contributed by atoms with Crippen LogP contribution in [0.1, 0.15) is 25.5 Å². The van der Waals surface area contributed by atoms with Gasteiger partial charge in [-0.15, -0.1) is 0 Å². The molecule has 0 aliphatic rings. The fourth-order valence-corrected chi connectivity index (χ4v) is 2.04. The molecule has 2 heterocycles. The molecule has 0 saturated heterocycles. The summed E-state index contributed by atoms with van der Waals surface area (Å²) in [7, 11) is 0. The average Bonchev–Trinajstić information content (AvgIpc) is 2.38. The van der Waals surface area contributed by atoms with Gasteiger partial charge in [0.1, 0.15) is 0 Å². The van der Waals surface area contributed by atoms with Crippen LogP contribution in [0, 0.1) is 10.1 Å². The molecule has 0 aliphatic carbocycles. The largest absolute Gasteiger partial charge is 0.307 e. The number of pyridine rings is 2. The Morgan fingerprint density at radius 1 is 1.32 bits per heavy atom. The van der Waals surface area contributed by atoms with E-state index in [9.17, 15) is 10.1 Å². The van der Waals surface area contributed by atoms with Crippen molar-refractivity contribution >= 4 is 17.3 Å². The first kappa shape index (κ1) is 13.4. The van der Waals surface area contributed by atoms with E-state index in [0.717, 1.165) is 11.3 Å². The monoisotopic (exact) mass is 277 g/mol. The zero-order chi connectivity index (χ0) is 14.0. The molecule has 6 heteroatoms. The zero-order valence-corrected chi connectivity index (χ0v) is 11.3. The van der Waals surface area contributed by atoms with Crippen LogP contribution in [0.4, 0.5) is 5.69 Å². The topological polar surface area (TPSA) is 68.9 Å². The fourth-order valence-electron chi connectivity index (χ4n) is 1.82. The van der Waals surface area contributed by atoms with Crippen molar-refractivity contribution in [3.05, 3.63) is 51.6 Å². The summed E-state index contributed by atoms with van der Waals surface area (Å²) in [4.78, 5) is 18.5. The summed E-state index contributed by atoms with van der Waals surface area (Å²) in [6.45, 7) is 3.93. The average molecular weight is 278 g/mol. The first-order valence-corrected chi connectivity index (χ1v) is 6.13. The molecule has 98 valence electrons. The van der Waals surface area contributed by atoms with Gasteiger partial charge in [-0.2, -0.15) is 0 Å². The molecule has 0 amide bonds. The second-order valence-electron chi connectivity index (χ2n) is 4.38. The van der Waals surface area contributed by atoms with Gasteiger partial charge in [0, 0.05) is 24.0 Å². The standard InChI is InChI=1S/C13H12ClN3O2/c1-8(2)12-10(9-3-5-15-6-4-9)7-11(17(18)19)13(14)16-12/h3-8H,1-2H3. The Morgan fingerprint density at radius 2 is 1.95 bits per heavy atom. The number of nitrogens with zero attached hydrogens (tertiary/aromatic N) is 3. The highest BCUT2D eigenvalue weighted by molar-refractivity contribution is 6.31. The maximum atomic E-state index is 11.0. The van der Waals surface area contributed by atoms with Crippen molar-refractivity contribution in [2.24, 2.45) is 0 Å². The lowest BCUT2D eigenvalue weighted by atomic mass is 9.98. The van der Waals surface area contributed by atoms with Crippen molar-refractivity contribution < 1.29 is 4.92 Å². The second kappa shape index (κ2) is 5.32. The number of nitro groups is 1. The van der Waals surface area contributed by atoms with Crippen LogP contribution in [0.15, 0.2) is 30.6 Å². The van der Waals surface area contributed by atoms with E-state index in [1.165, 1.54) is 6.07 Å². The van der Waals surface area contributed by atoms with Crippen LogP contribution >= 0.6 is 11.6 Å². The SMILES string of the molecule is CC(C)c1nc(Cl)c([N+](=O)[O-])cc1-c1ccncc1. The third-order valence-corrected chi connectivity index (χ3v) is 3.00. The highest BCUT2D eigenvalue weighted by Crippen LogP contribution is 2.34. The summed E-state index contributed by atoms with van der Waals surface area (Å²) in [5.74, 6) is 0.112. The van der Waals surface area contributed by atoms with Gasteiger partial charge >= 0.3 is 5.69 Å². The Hall–Kier alpha value is -2.01. The van der Waals surface area contributed by atoms with Crippen molar-refractivity contribution in [1.82, 2.24) is 9.97 Å². The van der Waals surface area contributed by atoms with E-state index in [1.54, 1.807) is 24.5 Å². The van der Waals surface area contributed by atoms with E-state index in [4.69, 9.17) is 11.6 Å². The van der Waals surface area contributed by atoms with Gasteiger partial charge in [-0.25, -0.2) is 4.98 Å². The minimum atomic E-state index is -0.524. The van der Waals surface area contributed by atoms with Crippen molar-refractivity contribution in [3.63, 3.8) is 0 Å². The molecule has 0 atom stereocenters. The van der Waals surface area contributed by atoms with E-state index in [1.807, 2.05) is 13.8 Å². The highest BCUT2D eigenvalue weighted by atomic mass is 35.5. The highest BCUT2D eigenvalue weighted by Gasteiger charge is 2.20. The van der Waals surface area contributed by atoms with Crippen molar-refractivity contribution in [1.29, 1.82) is 0 Å². The van der Waals surface area contributed by atoms with Crippen molar-refractivity contribution in [3.8, 4) is 11.1 Å². The second-order valence-corrected chi connectivity index (χ2v) is 4.74. The predicted molar refractivity (Wildman–Crippen MR) is 73.2 cm³/mol. The summed E-state index contributed by atoms with van der Waals surface area (Å²) in [6.07, 6.45) is 3.28. The quantitative estimate of drug-likeness (QED) is 0.486. The summed E-state index contributed by atoms with van der Waals surface area (Å²) in [6, 6.07) is 5.06. The molecule has 5 nitrogen and oxygen atoms in total. The van der Waals surface area contributed by atoms with Crippen molar-refractivity contribution in [2.75, 3.05) is 0 Å². The third-order valence-electron chi connectivity index (χ3n) is 2.72. The van der Waals surface area contributed by atoms with Gasteiger partial charge in [-0.05, 0) is 23.6 Å². The Morgan fingerprint density at radius 3 is 2.47 bits per heavy atom. The van der Waals surface area contributed by atoms with E-state index in [0.29, 0.717) is 5.56 Å². The fraction of sp³-hybridized carbons (Fsp3) is 0.231. The zero-order valence-electron chi connectivity index (χ0n) is 10.5. The van der Waals surface area contributed by atoms with E-state index in [-0.39, 0.29) is 16.8 Å². The minimum absolute atomic E-state index is 0.0773. The molecule has 0 N–H and O–H groups in total. The summed E-state index contributed by atoms with van der Waals surface area (Å²) in [5, 5.41) is 10.9. The number of rotatable bonds is 3. The third kappa shape index (κ3) is 2.71. The lowest BCUT2D eigenvalue weighted by molar-refractivity contribution is -0.385. The smallest absolute Gasteiger partial charge is 0.265 e. The van der Waals surface area contributed by atoms with E-state index >= 15 is 0 Å². The van der Waals surface area contributed by atoms with Gasteiger partial charge in [0.15, 0.2) is 0 Å². The van der Waals surface area contributed by atoms with Crippen LogP contribution in [-0.2, 0) is 0 Å². The molecule has 0 bridgehead atoms. The van der Waals surface area contributed by atoms with Crippen LogP contribution < -0.4 is 0 Å². The van der Waals surface area contributed by atoms with Crippen molar-refractivity contribution in [2.45, 2.75) is 19.8 Å². The Bertz CT molecular complexity index is 615. The normalized spacial score (nSPS) is 10.7. The molecule has 2 aromatic rings. The summed E-state index contributed by atoms with van der Waals surface area (Å²) < 4.78 is 0. The van der Waals surface area contributed by atoms with Gasteiger partial charge in [-0.1, -0.05) is 25.4 Å². The maximum absolute atomic E-state index is 11.0. The summed E-state index contributed by atoms with van der Waals surface area (Å²) >= 11 is 5.86. The van der Waals surface area contributed by atoms with Crippen LogP contribution in [-0.4, -0.2) is 14.9 Å². The molecule has 0 aromatic carbocycles. The molecule has 0 fully saturated rings. The molecule has 0 radical (unpaired) electrons. The molecule has 19 heavy (non-hydrogen) atoms. The Balaban J connectivity index is 2.70. The molecular formula is C13H12ClN3O2. The molecule has 2 aromatic heterocycles. The van der Waals surface area contributed by atoms with Gasteiger partial charge in [0.2, 0.25) is 5.15 Å². The van der Waals surface area contributed by atoms with Crippen LogP contribution in [0.2, 0.25) is 5.15 Å². The van der Waals surface area contributed by atoms with Crippen LogP contribution in [0.3, 0.4) is 0 Å². The molecule has 0 aliphatic heterocycles. The first-order valence-electron chi connectivity index (χ1n) is 5.76. The number of hydrogen-bond donors (Lipinski definition) is 0. The van der Waals surface area contributed by atoms with Crippen LogP contribution in [0.5, 0.6) is 0 Å². The van der Waals surface area contributed by atoms with E-state index in [2.05, 4.69) is 9.97 Å². The molecular weight excluding hydrogens is 266 g/mol. The molecule has 0 saturated carbocycles. The first-order chi connectivity index (χ1) is 9.00. The Kier molecular flexibility index (Phi) is 3.76.